The summed E-state index contributed by atoms with van der Waals surface area (Å²) in [7, 11) is 0. The maximum Gasteiger partial charge on any atom is 0.417 e. The zero-order valence-corrected chi connectivity index (χ0v) is 11.6. The van der Waals surface area contributed by atoms with E-state index in [-0.39, 0.29) is 12.1 Å². The summed E-state index contributed by atoms with van der Waals surface area (Å²) in [5.41, 5.74) is -0.500. The zero-order chi connectivity index (χ0) is 17.0. The molecule has 1 aromatic carbocycles. The molecule has 2 aromatic rings. The van der Waals surface area contributed by atoms with Crippen LogP contribution in [0, 0.1) is 17.1 Å². The molecule has 0 amide bonds. The number of carbonyl (C=O) groups excluding carboxylic acids is 1. The molecular weight excluding hydrogens is 312 g/mol. The molecule has 1 aromatic heterocycles. The molecule has 0 saturated heterocycles. The van der Waals surface area contributed by atoms with Crippen LogP contribution in [0.3, 0.4) is 0 Å². The summed E-state index contributed by atoms with van der Waals surface area (Å²) in [6, 6.07) is 8.70. The summed E-state index contributed by atoms with van der Waals surface area (Å²) in [5.74, 6) is -2.25. The minimum absolute atomic E-state index is 0.0485. The van der Waals surface area contributed by atoms with Crippen LogP contribution in [0.25, 0.3) is 0 Å². The summed E-state index contributed by atoms with van der Waals surface area (Å²) in [6.45, 7) is 0. The monoisotopic (exact) mass is 322 g/mol. The Kier molecular flexibility index (Phi) is 4.74. The first-order chi connectivity index (χ1) is 10.8. The average molecular weight is 322 g/mol. The molecular formula is C16H10F4N2O. The number of nitrogens with zero attached hydrogens (tertiary/aromatic N) is 2. The highest BCUT2D eigenvalue weighted by Gasteiger charge is 2.31. The molecule has 23 heavy (non-hydrogen) atoms. The van der Waals surface area contributed by atoms with E-state index in [0.717, 1.165) is 12.1 Å². The van der Waals surface area contributed by atoms with Crippen LogP contribution in [-0.2, 0) is 17.4 Å². The molecule has 0 spiro atoms. The number of hydrogen-bond acceptors (Lipinski definition) is 3. The Bertz CT molecular complexity index is 731. The molecule has 0 saturated carbocycles. The van der Waals surface area contributed by atoms with Gasteiger partial charge in [-0.2, -0.15) is 18.4 Å². The Hall–Kier alpha value is -2.75. The van der Waals surface area contributed by atoms with Crippen molar-refractivity contribution in [1.82, 2.24) is 4.98 Å². The second-order valence-corrected chi connectivity index (χ2v) is 4.80. The summed E-state index contributed by atoms with van der Waals surface area (Å²) < 4.78 is 50.2. The standard InChI is InChI=1S/C16H10F4N2O/c17-12-4-1-10(2-5-12)7-15(23)13(8-21)14-6-3-11(9-22-14)16(18,19)20/h1-6,9,13H,7H2. The highest BCUT2D eigenvalue weighted by molar-refractivity contribution is 5.89. The second-order valence-electron chi connectivity index (χ2n) is 4.80. The number of aromatic nitrogens is 1. The van der Waals surface area contributed by atoms with E-state index in [1.807, 2.05) is 0 Å². The Morgan fingerprint density at radius 1 is 1.17 bits per heavy atom. The molecule has 0 bridgehead atoms. The van der Waals surface area contributed by atoms with Crippen molar-refractivity contribution in [2.24, 2.45) is 0 Å². The fourth-order valence-corrected chi connectivity index (χ4v) is 1.95. The highest BCUT2D eigenvalue weighted by atomic mass is 19.4. The minimum Gasteiger partial charge on any atom is -0.297 e. The van der Waals surface area contributed by atoms with Gasteiger partial charge in [0.15, 0.2) is 5.78 Å². The van der Waals surface area contributed by atoms with Crippen molar-refractivity contribution in [2.45, 2.75) is 18.5 Å². The van der Waals surface area contributed by atoms with Crippen molar-refractivity contribution in [2.75, 3.05) is 0 Å². The van der Waals surface area contributed by atoms with Crippen molar-refractivity contribution >= 4 is 5.78 Å². The molecule has 1 atom stereocenters. The SMILES string of the molecule is N#CC(C(=O)Cc1ccc(F)cc1)c1ccc(C(F)(F)F)cn1. The van der Waals surface area contributed by atoms with E-state index in [4.69, 9.17) is 5.26 Å². The smallest absolute Gasteiger partial charge is 0.297 e. The molecule has 0 N–H and O–H groups in total. The fraction of sp³-hybridized carbons (Fsp3) is 0.188. The summed E-state index contributed by atoms with van der Waals surface area (Å²) in [4.78, 5) is 15.7. The summed E-state index contributed by atoms with van der Waals surface area (Å²) >= 11 is 0. The van der Waals surface area contributed by atoms with E-state index >= 15 is 0 Å². The van der Waals surface area contributed by atoms with Crippen LogP contribution >= 0.6 is 0 Å². The van der Waals surface area contributed by atoms with Crippen LogP contribution in [0.15, 0.2) is 42.6 Å². The molecule has 7 heteroatoms. The molecule has 0 aliphatic rings. The average Bonchev–Trinajstić information content (AvgIpc) is 2.50. The van der Waals surface area contributed by atoms with Crippen LogP contribution in [0.5, 0.6) is 0 Å². The largest absolute Gasteiger partial charge is 0.417 e. The Labute approximate surface area is 129 Å². The van der Waals surface area contributed by atoms with E-state index in [1.54, 1.807) is 6.07 Å². The molecule has 0 fully saturated rings. The van der Waals surface area contributed by atoms with Crippen LogP contribution in [0.2, 0.25) is 0 Å². The maximum absolute atomic E-state index is 12.8. The number of carbonyl (C=O) groups is 1. The van der Waals surface area contributed by atoms with E-state index in [2.05, 4.69) is 4.98 Å². The van der Waals surface area contributed by atoms with Gasteiger partial charge in [-0.25, -0.2) is 4.39 Å². The van der Waals surface area contributed by atoms with E-state index < -0.39 is 29.3 Å². The van der Waals surface area contributed by atoms with E-state index in [0.29, 0.717) is 11.8 Å². The lowest BCUT2D eigenvalue weighted by Gasteiger charge is -2.10. The quantitative estimate of drug-likeness (QED) is 0.807. The molecule has 2 rings (SSSR count). The van der Waals surface area contributed by atoms with Gasteiger partial charge in [-0.05, 0) is 29.8 Å². The first-order valence-corrected chi connectivity index (χ1v) is 6.51. The predicted octanol–water partition coefficient (Wildman–Crippen LogP) is 3.66. The van der Waals surface area contributed by atoms with Crippen LogP contribution in [-0.4, -0.2) is 10.8 Å². The highest BCUT2D eigenvalue weighted by Crippen LogP contribution is 2.29. The van der Waals surface area contributed by atoms with Crippen molar-refractivity contribution in [1.29, 1.82) is 5.26 Å². The second kappa shape index (κ2) is 6.57. The van der Waals surface area contributed by atoms with Crippen molar-refractivity contribution in [3.8, 4) is 6.07 Å². The first-order valence-electron chi connectivity index (χ1n) is 6.51. The number of ketones is 1. The summed E-state index contributed by atoms with van der Waals surface area (Å²) in [5, 5.41) is 9.11. The number of benzene rings is 1. The zero-order valence-electron chi connectivity index (χ0n) is 11.6. The van der Waals surface area contributed by atoms with Crippen molar-refractivity contribution in [3.63, 3.8) is 0 Å². The Morgan fingerprint density at radius 2 is 1.83 bits per heavy atom. The molecule has 0 radical (unpaired) electrons. The molecule has 1 unspecified atom stereocenters. The van der Waals surface area contributed by atoms with E-state index in [1.165, 1.54) is 24.3 Å². The molecule has 0 aliphatic heterocycles. The van der Waals surface area contributed by atoms with Gasteiger partial charge in [-0.15, -0.1) is 0 Å². The number of hydrogen-bond donors (Lipinski definition) is 0. The van der Waals surface area contributed by atoms with Gasteiger partial charge in [-0.3, -0.25) is 9.78 Å². The molecule has 0 aliphatic carbocycles. The maximum atomic E-state index is 12.8. The van der Waals surface area contributed by atoms with Gasteiger partial charge in [0.2, 0.25) is 0 Å². The number of alkyl halides is 3. The Balaban J connectivity index is 2.17. The predicted molar refractivity (Wildman–Crippen MR) is 72.7 cm³/mol. The van der Waals surface area contributed by atoms with Gasteiger partial charge in [0.05, 0.1) is 17.3 Å². The number of Topliss-reactive ketones (excluding diaryl/α,β-unsaturated/α-hetero) is 1. The number of pyridine rings is 1. The molecule has 3 nitrogen and oxygen atoms in total. The van der Waals surface area contributed by atoms with Crippen molar-refractivity contribution < 1.29 is 22.4 Å². The molecule has 1 heterocycles. The first kappa shape index (κ1) is 16.6. The van der Waals surface area contributed by atoms with Gasteiger partial charge in [-0.1, -0.05) is 12.1 Å². The van der Waals surface area contributed by atoms with Crippen LogP contribution < -0.4 is 0 Å². The van der Waals surface area contributed by atoms with Gasteiger partial charge < -0.3 is 0 Å². The van der Waals surface area contributed by atoms with Crippen LogP contribution in [0.4, 0.5) is 17.6 Å². The van der Waals surface area contributed by atoms with Crippen molar-refractivity contribution in [3.05, 3.63) is 65.2 Å². The third-order valence-corrected chi connectivity index (χ3v) is 3.15. The third-order valence-electron chi connectivity index (χ3n) is 3.15. The lowest BCUT2D eigenvalue weighted by molar-refractivity contribution is -0.137. The van der Waals surface area contributed by atoms with Gasteiger partial charge in [0.1, 0.15) is 11.7 Å². The normalized spacial score (nSPS) is 12.5. The number of rotatable bonds is 4. The fourth-order valence-electron chi connectivity index (χ4n) is 1.95. The van der Waals surface area contributed by atoms with Gasteiger partial charge in [0.25, 0.3) is 0 Å². The lowest BCUT2D eigenvalue weighted by atomic mass is 9.95. The Morgan fingerprint density at radius 3 is 2.30 bits per heavy atom. The number of nitriles is 1. The number of halogens is 4. The van der Waals surface area contributed by atoms with Gasteiger partial charge >= 0.3 is 6.18 Å². The molecule has 118 valence electrons. The topological polar surface area (TPSA) is 53.8 Å². The minimum atomic E-state index is -4.54. The van der Waals surface area contributed by atoms with E-state index in [9.17, 15) is 22.4 Å². The summed E-state index contributed by atoms with van der Waals surface area (Å²) in [6.07, 6.45) is -4.09. The lowest BCUT2D eigenvalue weighted by Crippen LogP contribution is -2.15. The van der Waals surface area contributed by atoms with Crippen LogP contribution in [0.1, 0.15) is 22.7 Å². The third kappa shape index (κ3) is 4.13. The van der Waals surface area contributed by atoms with Gasteiger partial charge in [0, 0.05) is 12.6 Å².